The maximum Gasteiger partial charge on any atom is 0.252 e. The SMILES string of the molecule is O=C1C=C2CCN(S(=O)(=O)c3ccc(Cl)s3)CC2(CC2C3=CC=CC2C3)CC1. The summed E-state index contributed by atoms with van der Waals surface area (Å²) in [5, 5.41) is 0. The second kappa shape index (κ2) is 6.66. The third-order valence-electron chi connectivity index (χ3n) is 6.86. The van der Waals surface area contributed by atoms with Gasteiger partial charge in [0.2, 0.25) is 0 Å². The van der Waals surface area contributed by atoms with Gasteiger partial charge in [-0.15, -0.1) is 11.3 Å². The van der Waals surface area contributed by atoms with Gasteiger partial charge in [-0.25, -0.2) is 8.42 Å². The lowest BCUT2D eigenvalue weighted by molar-refractivity contribution is -0.116. The molecule has 2 heterocycles. The second-order valence-corrected chi connectivity index (χ2v) is 12.2. The zero-order valence-electron chi connectivity index (χ0n) is 15.4. The van der Waals surface area contributed by atoms with Crippen LogP contribution in [-0.2, 0) is 14.8 Å². The molecular formula is C21H22ClNO3S2. The van der Waals surface area contributed by atoms with Crippen LogP contribution in [-0.4, -0.2) is 31.6 Å². The lowest BCUT2D eigenvalue weighted by Crippen LogP contribution is -2.50. The smallest absolute Gasteiger partial charge is 0.252 e. The molecule has 4 nitrogen and oxygen atoms in total. The Balaban J connectivity index is 1.47. The molecule has 3 atom stereocenters. The highest BCUT2D eigenvalue weighted by Crippen LogP contribution is 2.55. The molecule has 148 valence electrons. The molecule has 2 fully saturated rings. The number of ketones is 1. The van der Waals surface area contributed by atoms with E-state index in [0.29, 0.717) is 46.3 Å². The number of allylic oxidation sites excluding steroid dienone is 5. The first-order chi connectivity index (χ1) is 13.4. The summed E-state index contributed by atoms with van der Waals surface area (Å²) in [5.74, 6) is 1.23. The third kappa shape index (κ3) is 2.96. The Morgan fingerprint density at radius 3 is 2.82 bits per heavy atom. The molecule has 1 aromatic rings. The van der Waals surface area contributed by atoms with Gasteiger partial charge in [0.1, 0.15) is 4.21 Å². The molecule has 1 saturated heterocycles. The highest BCUT2D eigenvalue weighted by molar-refractivity contribution is 7.91. The second-order valence-electron chi connectivity index (χ2n) is 8.37. The van der Waals surface area contributed by atoms with Crippen molar-refractivity contribution in [2.45, 2.75) is 36.3 Å². The van der Waals surface area contributed by atoms with E-state index in [4.69, 9.17) is 11.6 Å². The average Bonchev–Trinajstić information content (AvgIpc) is 3.14. The summed E-state index contributed by atoms with van der Waals surface area (Å²) in [4.78, 5) is 12.1. The predicted molar refractivity (Wildman–Crippen MR) is 111 cm³/mol. The molecule has 7 heteroatoms. The van der Waals surface area contributed by atoms with Crippen molar-refractivity contribution in [2.24, 2.45) is 17.3 Å². The van der Waals surface area contributed by atoms with E-state index in [-0.39, 0.29) is 11.2 Å². The Hall–Kier alpha value is -1.21. The van der Waals surface area contributed by atoms with Crippen LogP contribution in [0.2, 0.25) is 4.34 Å². The van der Waals surface area contributed by atoms with Crippen LogP contribution in [0.1, 0.15) is 32.1 Å². The van der Waals surface area contributed by atoms with Crippen molar-refractivity contribution in [3.63, 3.8) is 0 Å². The van der Waals surface area contributed by atoms with Crippen molar-refractivity contribution in [3.05, 3.63) is 51.9 Å². The zero-order chi connectivity index (χ0) is 19.5. The molecule has 1 aliphatic heterocycles. The van der Waals surface area contributed by atoms with E-state index < -0.39 is 10.0 Å². The molecule has 1 aromatic heterocycles. The van der Waals surface area contributed by atoms with Crippen molar-refractivity contribution in [1.82, 2.24) is 4.31 Å². The van der Waals surface area contributed by atoms with E-state index in [0.717, 1.165) is 36.2 Å². The van der Waals surface area contributed by atoms with Crippen molar-refractivity contribution < 1.29 is 13.2 Å². The van der Waals surface area contributed by atoms with E-state index in [9.17, 15) is 13.2 Å². The minimum Gasteiger partial charge on any atom is -0.295 e. The number of nitrogens with zero attached hydrogens (tertiary/aromatic N) is 1. The van der Waals surface area contributed by atoms with Gasteiger partial charge in [-0.3, -0.25) is 4.79 Å². The zero-order valence-corrected chi connectivity index (χ0v) is 17.8. The van der Waals surface area contributed by atoms with Gasteiger partial charge in [0.15, 0.2) is 5.78 Å². The predicted octanol–water partition coefficient (Wildman–Crippen LogP) is 4.59. The first-order valence-electron chi connectivity index (χ1n) is 9.74. The molecule has 0 aromatic carbocycles. The van der Waals surface area contributed by atoms with Crippen LogP contribution >= 0.6 is 22.9 Å². The number of carbonyl (C=O) groups is 1. The number of piperidine rings is 1. The maximum atomic E-state index is 13.2. The molecule has 28 heavy (non-hydrogen) atoms. The van der Waals surface area contributed by atoms with E-state index in [1.54, 1.807) is 16.4 Å². The number of fused-ring (bicyclic) bond motifs is 3. The van der Waals surface area contributed by atoms with Crippen LogP contribution in [0.3, 0.4) is 0 Å². The molecule has 0 radical (unpaired) electrons. The first-order valence-corrected chi connectivity index (χ1v) is 12.4. The van der Waals surface area contributed by atoms with Crippen molar-refractivity contribution in [2.75, 3.05) is 13.1 Å². The highest BCUT2D eigenvalue weighted by atomic mass is 35.5. The number of halogens is 1. The number of sulfonamides is 1. The fourth-order valence-electron chi connectivity index (χ4n) is 5.29. The van der Waals surface area contributed by atoms with Gasteiger partial charge >= 0.3 is 0 Å². The van der Waals surface area contributed by atoms with Crippen LogP contribution in [0.5, 0.6) is 0 Å². The van der Waals surface area contributed by atoms with Gasteiger partial charge in [0, 0.05) is 24.9 Å². The van der Waals surface area contributed by atoms with Crippen molar-refractivity contribution >= 4 is 38.7 Å². The summed E-state index contributed by atoms with van der Waals surface area (Å²) in [6.45, 7) is 0.888. The number of thiophene rings is 1. The quantitative estimate of drug-likeness (QED) is 0.694. The summed E-state index contributed by atoms with van der Waals surface area (Å²) in [5.41, 5.74) is 2.41. The van der Waals surface area contributed by atoms with E-state index >= 15 is 0 Å². The summed E-state index contributed by atoms with van der Waals surface area (Å²) in [6, 6.07) is 3.23. The molecule has 3 unspecified atom stereocenters. The van der Waals surface area contributed by atoms with Gasteiger partial charge < -0.3 is 0 Å². The number of rotatable bonds is 4. The fraction of sp³-hybridized carbons (Fsp3) is 0.476. The molecular weight excluding hydrogens is 414 g/mol. The monoisotopic (exact) mass is 435 g/mol. The van der Waals surface area contributed by atoms with E-state index in [2.05, 4.69) is 18.2 Å². The van der Waals surface area contributed by atoms with Crippen LogP contribution in [0, 0.1) is 17.3 Å². The van der Waals surface area contributed by atoms with Crippen LogP contribution in [0.4, 0.5) is 0 Å². The summed E-state index contributed by atoms with van der Waals surface area (Å²) < 4.78 is 28.8. The molecule has 2 bridgehead atoms. The standard InChI is InChI=1S/C21H22ClNO3S2/c22-19-4-5-20(27-19)28(25,26)23-9-7-16-11-17(24)6-8-21(16,13-23)12-18-14-2-1-3-15(18)10-14/h1-5,11,14,18H,6-10,12-13H2. The molecule has 0 N–H and O–H groups in total. The van der Waals surface area contributed by atoms with Crippen LogP contribution < -0.4 is 0 Å². The Bertz CT molecular complexity index is 1040. The van der Waals surface area contributed by atoms with Gasteiger partial charge in [-0.1, -0.05) is 41.0 Å². The minimum absolute atomic E-state index is 0.180. The first kappa shape index (κ1) is 18.8. The summed E-state index contributed by atoms with van der Waals surface area (Å²) in [6.07, 6.45) is 12.4. The van der Waals surface area contributed by atoms with Gasteiger partial charge in [0.05, 0.1) is 4.34 Å². The lowest BCUT2D eigenvalue weighted by atomic mass is 9.56. The fourth-order valence-corrected chi connectivity index (χ4v) is 8.45. The number of hydrogen-bond acceptors (Lipinski definition) is 4. The molecule has 1 saturated carbocycles. The van der Waals surface area contributed by atoms with Crippen molar-refractivity contribution in [3.8, 4) is 0 Å². The molecule has 5 rings (SSSR count). The average molecular weight is 436 g/mol. The topological polar surface area (TPSA) is 54.5 Å². The molecule has 0 spiro atoms. The number of hydrogen-bond donors (Lipinski definition) is 0. The van der Waals surface area contributed by atoms with E-state index in [1.807, 2.05) is 6.08 Å². The van der Waals surface area contributed by atoms with Crippen LogP contribution in [0.25, 0.3) is 0 Å². The summed E-state index contributed by atoms with van der Waals surface area (Å²) >= 11 is 7.09. The van der Waals surface area contributed by atoms with Crippen molar-refractivity contribution in [1.29, 1.82) is 0 Å². The van der Waals surface area contributed by atoms with E-state index in [1.165, 1.54) is 5.57 Å². The van der Waals surface area contributed by atoms with Gasteiger partial charge in [0.25, 0.3) is 10.0 Å². The third-order valence-corrected chi connectivity index (χ3v) is 10.4. The Morgan fingerprint density at radius 1 is 1.29 bits per heavy atom. The Kier molecular flexibility index (Phi) is 4.47. The normalized spacial score (nSPS) is 32.4. The minimum atomic E-state index is -3.56. The lowest BCUT2D eigenvalue weighted by Gasteiger charge is -2.51. The Labute approximate surface area is 174 Å². The number of carbonyl (C=O) groups excluding carboxylic acids is 1. The van der Waals surface area contributed by atoms with Gasteiger partial charge in [-0.2, -0.15) is 4.31 Å². The van der Waals surface area contributed by atoms with Gasteiger partial charge in [-0.05, 0) is 55.7 Å². The molecule has 4 aliphatic rings. The summed E-state index contributed by atoms with van der Waals surface area (Å²) in [7, 11) is -3.56. The molecule has 3 aliphatic carbocycles. The maximum absolute atomic E-state index is 13.2. The Morgan fingerprint density at radius 2 is 2.14 bits per heavy atom. The molecule has 0 amide bonds. The van der Waals surface area contributed by atoms with Crippen LogP contribution in [0.15, 0.2) is 51.8 Å². The highest BCUT2D eigenvalue weighted by Gasteiger charge is 2.49. The largest absolute Gasteiger partial charge is 0.295 e.